The molecule has 5 nitrogen and oxygen atoms in total. The number of amides is 2. The van der Waals surface area contributed by atoms with Crippen LogP contribution in [0.4, 0.5) is 4.79 Å². The van der Waals surface area contributed by atoms with E-state index in [0.29, 0.717) is 12.6 Å². The number of nitrogens with one attached hydrogen (secondary N) is 2. The summed E-state index contributed by atoms with van der Waals surface area (Å²) < 4.78 is 0. The predicted octanol–water partition coefficient (Wildman–Crippen LogP) is 1.74. The van der Waals surface area contributed by atoms with Gasteiger partial charge in [0.25, 0.3) is 0 Å². The minimum atomic E-state index is -0.962. The lowest BCUT2D eigenvalue weighted by atomic mass is 9.93. The van der Waals surface area contributed by atoms with Gasteiger partial charge in [-0.2, -0.15) is 0 Å². The molecule has 3 N–H and O–H groups in total. The van der Waals surface area contributed by atoms with Crippen molar-refractivity contribution in [1.29, 1.82) is 0 Å². The van der Waals surface area contributed by atoms with Gasteiger partial charge < -0.3 is 15.7 Å². The largest absolute Gasteiger partial charge is 0.478 e. The maximum Gasteiger partial charge on any atom is 0.335 e. The molecule has 2 rings (SSSR count). The smallest absolute Gasteiger partial charge is 0.335 e. The molecular formula is C13H16N2O3. The summed E-state index contributed by atoms with van der Waals surface area (Å²) in [5.41, 5.74) is 1.01. The summed E-state index contributed by atoms with van der Waals surface area (Å²) >= 11 is 0. The Balaban J connectivity index is 1.83. The molecule has 0 aromatic heterocycles. The summed E-state index contributed by atoms with van der Waals surface area (Å²) in [7, 11) is 0. The second-order valence-electron chi connectivity index (χ2n) is 4.46. The van der Waals surface area contributed by atoms with Gasteiger partial charge in [0, 0.05) is 12.6 Å². The van der Waals surface area contributed by atoms with E-state index < -0.39 is 5.97 Å². The molecule has 0 atom stereocenters. The summed E-state index contributed by atoms with van der Waals surface area (Å²) in [4.78, 5) is 22.3. The summed E-state index contributed by atoms with van der Waals surface area (Å²) in [5, 5.41) is 14.4. The van der Waals surface area contributed by atoms with Gasteiger partial charge in [-0.25, -0.2) is 9.59 Å². The van der Waals surface area contributed by atoms with E-state index in [1.54, 1.807) is 18.2 Å². The maximum absolute atomic E-state index is 11.5. The Morgan fingerprint density at radius 2 is 2.11 bits per heavy atom. The topological polar surface area (TPSA) is 78.4 Å². The van der Waals surface area contributed by atoms with Gasteiger partial charge in [0.05, 0.1) is 5.56 Å². The minimum Gasteiger partial charge on any atom is -0.478 e. The molecule has 1 fully saturated rings. The van der Waals surface area contributed by atoms with Crippen molar-refractivity contribution in [3.63, 3.8) is 0 Å². The Bertz CT molecular complexity index is 455. The molecule has 0 aliphatic heterocycles. The van der Waals surface area contributed by atoms with E-state index in [1.807, 2.05) is 0 Å². The summed E-state index contributed by atoms with van der Waals surface area (Å²) in [5.74, 6) is -0.962. The fourth-order valence-electron chi connectivity index (χ4n) is 1.79. The van der Waals surface area contributed by atoms with E-state index in [-0.39, 0.29) is 11.6 Å². The van der Waals surface area contributed by atoms with E-state index >= 15 is 0 Å². The molecule has 1 aromatic carbocycles. The van der Waals surface area contributed by atoms with Crippen molar-refractivity contribution in [3.05, 3.63) is 35.4 Å². The van der Waals surface area contributed by atoms with Crippen LogP contribution in [-0.4, -0.2) is 23.1 Å². The Labute approximate surface area is 105 Å². The first-order chi connectivity index (χ1) is 8.65. The Hall–Kier alpha value is -2.04. The lowest BCUT2D eigenvalue weighted by Crippen LogP contribution is -2.44. The molecular weight excluding hydrogens is 232 g/mol. The average molecular weight is 248 g/mol. The van der Waals surface area contributed by atoms with Crippen LogP contribution in [0.5, 0.6) is 0 Å². The summed E-state index contributed by atoms with van der Waals surface area (Å²) in [6.45, 7) is 0.333. The molecule has 1 saturated carbocycles. The van der Waals surface area contributed by atoms with Gasteiger partial charge in [0.1, 0.15) is 0 Å². The molecule has 0 spiro atoms. The van der Waals surface area contributed by atoms with Gasteiger partial charge >= 0.3 is 12.0 Å². The second-order valence-corrected chi connectivity index (χ2v) is 4.46. The number of aromatic carboxylic acids is 1. The predicted molar refractivity (Wildman–Crippen MR) is 66.4 cm³/mol. The third-order valence-corrected chi connectivity index (χ3v) is 3.07. The van der Waals surface area contributed by atoms with Crippen LogP contribution in [0.3, 0.4) is 0 Å². The van der Waals surface area contributed by atoms with Crippen molar-refractivity contribution >= 4 is 12.0 Å². The molecule has 1 aromatic rings. The number of hydrogen-bond acceptors (Lipinski definition) is 2. The monoisotopic (exact) mass is 248 g/mol. The number of urea groups is 1. The molecule has 1 aliphatic carbocycles. The third kappa shape index (κ3) is 3.23. The van der Waals surface area contributed by atoms with Crippen molar-refractivity contribution in [1.82, 2.24) is 10.6 Å². The fraction of sp³-hybridized carbons (Fsp3) is 0.385. The number of carbonyl (C=O) groups is 2. The standard InChI is InChI=1S/C13H16N2O3/c16-12(17)10-4-1-3-9(7-10)8-14-13(18)15-11-5-2-6-11/h1,3-4,7,11H,2,5-6,8H2,(H,16,17)(H2,14,15,18). The SMILES string of the molecule is O=C(NCc1cccc(C(=O)O)c1)NC1CCC1. The van der Waals surface area contributed by atoms with E-state index in [4.69, 9.17) is 5.11 Å². The number of carboxylic acid groups (broad SMARTS) is 1. The number of carbonyl (C=O) groups excluding carboxylic acids is 1. The van der Waals surface area contributed by atoms with E-state index in [1.165, 1.54) is 12.5 Å². The Morgan fingerprint density at radius 3 is 2.72 bits per heavy atom. The normalized spacial score (nSPS) is 14.7. The zero-order valence-corrected chi connectivity index (χ0v) is 9.98. The second kappa shape index (κ2) is 5.53. The summed E-state index contributed by atoms with van der Waals surface area (Å²) in [6.07, 6.45) is 3.26. The van der Waals surface area contributed by atoms with Crippen molar-refractivity contribution in [2.45, 2.75) is 31.8 Å². The molecule has 1 aliphatic rings. The Morgan fingerprint density at radius 1 is 1.33 bits per heavy atom. The van der Waals surface area contributed by atoms with Gasteiger partial charge in [-0.1, -0.05) is 12.1 Å². The summed E-state index contributed by atoms with van der Waals surface area (Å²) in [6, 6.07) is 6.66. The van der Waals surface area contributed by atoms with Crippen molar-refractivity contribution in [2.24, 2.45) is 0 Å². The van der Waals surface area contributed by atoms with Gasteiger partial charge in [0.2, 0.25) is 0 Å². The molecule has 5 heteroatoms. The van der Waals surface area contributed by atoms with Gasteiger partial charge in [0.15, 0.2) is 0 Å². The quantitative estimate of drug-likeness (QED) is 0.759. The molecule has 96 valence electrons. The molecule has 0 unspecified atom stereocenters. The highest BCUT2D eigenvalue weighted by Gasteiger charge is 2.18. The molecule has 0 bridgehead atoms. The highest BCUT2D eigenvalue weighted by Crippen LogP contribution is 2.17. The third-order valence-electron chi connectivity index (χ3n) is 3.07. The Kier molecular flexibility index (Phi) is 3.82. The van der Waals surface area contributed by atoms with Crippen LogP contribution in [0.2, 0.25) is 0 Å². The minimum absolute atomic E-state index is 0.194. The van der Waals surface area contributed by atoms with Crippen LogP contribution in [-0.2, 0) is 6.54 Å². The zero-order chi connectivity index (χ0) is 13.0. The number of benzene rings is 1. The first-order valence-corrected chi connectivity index (χ1v) is 6.02. The van der Waals surface area contributed by atoms with Crippen molar-refractivity contribution < 1.29 is 14.7 Å². The first kappa shape index (κ1) is 12.4. The highest BCUT2D eigenvalue weighted by atomic mass is 16.4. The van der Waals surface area contributed by atoms with Gasteiger partial charge in [-0.15, -0.1) is 0 Å². The van der Waals surface area contributed by atoms with E-state index in [2.05, 4.69) is 10.6 Å². The van der Waals surface area contributed by atoms with Crippen LogP contribution in [0.15, 0.2) is 24.3 Å². The van der Waals surface area contributed by atoms with Gasteiger partial charge in [-0.3, -0.25) is 0 Å². The number of rotatable bonds is 4. The number of hydrogen-bond donors (Lipinski definition) is 3. The van der Waals surface area contributed by atoms with Crippen LogP contribution in [0.25, 0.3) is 0 Å². The van der Waals surface area contributed by atoms with E-state index in [9.17, 15) is 9.59 Å². The number of carboxylic acids is 1. The molecule has 0 saturated heterocycles. The van der Waals surface area contributed by atoms with Crippen LogP contribution in [0.1, 0.15) is 35.2 Å². The van der Waals surface area contributed by atoms with Crippen molar-refractivity contribution in [2.75, 3.05) is 0 Å². The van der Waals surface area contributed by atoms with Crippen LogP contribution < -0.4 is 10.6 Å². The van der Waals surface area contributed by atoms with Crippen LogP contribution >= 0.6 is 0 Å². The van der Waals surface area contributed by atoms with Crippen molar-refractivity contribution in [3.8, 4) is 0 Å². The lowest BCUT2D eigenvalue weighted by molar-refractivity contribution is 0.0696. The van der Waals surface area contributed by atoms with E-state index in [0.717, 1.165) is 18.4 Å². The zero-order valence-electron chi connectivity index (χ0n) is 9.98. The fourth-order valence-corrected chi connectivity index (χ4v) is 1.79. The maximum atomic E-state index is 11.5. The highest BCUT2D eigenvalue weighted by molar-refractivity contribution is 5.87. The first-order valence-electron chi connectivity index (χ1n) is 6.02. The molecule has 0 radical (unpaired) electrons. The molecule has 0 heterocycles. The lowest BCUT2D eigenvalue weighted by Gasteiger charge is -2.26. The molecule has 18 heavy (non-hydrogen) atoms. The van der Waals surface area contributed by atoms with Crippen LogP contribution in [0, 0.1) is 0 Å². The average Bonchev–Trinajstić information content (AvgIpc) is 2.31. The molecule has 2 amide bonds. The van der Waals surface area contributed by atoms with Gasteiger partial charge in [-0.05, 0) is 37.0 Å².